The SMILES string of the molecule is C[C@@H](CCn1cncn1)N[C@@H]1CCCN(c2ccccc2Cl)C1. The molecule has 0 unspecified atom stereocenters. The van der Waals surface area contributed by atoms with E-state index in [9.17, 15) is 0 Å². The second-order valence-electron chi connectivity index (χ2n) is 6.25. The molecule has 0 bridgehead atoms. The molecule has 5 nitrogen and oxygen atoms in total. The summed E-state index contributed by atoms with van der Waals surface area (Å²) in [6, 6.07) is 9.07. The van der Waals surface area contributed by atoms with Crippen LogP contribution in [-0.2, 0) is 6.54 Å². The Hall–Kier alpha value is -1.59. The number of hydrogen-bond acceptors (Lipinski definition) is 4. The second kappa shape index (κ2) is 7.79. The van der Waals surface area contributed by atoms with Crippen molar-refractivity contribution in [2.45, 2.75) is 44.8 Å². The first kappa shape index (κ1) is 16.3. The molecule has 1 aromatic carbocycles. The molecule has 23 heavy (non-hydrogen) atoms. The summed E-state index contributed by atoms with van der Waals surface area (Å²) in [5, 5.41) is 8.75. The Bertz CT molecular complexity index is 601. The first-order valence-corrected chi connectivity index (χ1v) is 8.68. The molecular weight excluding hydrogens is 310 g/mol. The third-order valence-corrected chi connectivity index (χ3v) is 4.71. The van der Waals surface area contributed by atoms with Crippen molar-refractivity contribution < 1.29 is 0 Å². The van der Waals surface area contributed by atoms with Crippen molar-refractivity contribution in [3.05, 3.63) is 41.9 Å². The molecule has 1 aliphatic rings. The fourth-order valence-corrected chi connectivity index (χ4v) is 3.46. The average Bonchev–Trinajstić information content (AvgIpc) is 3.07. The van der Waals surface area contributed by atoms with Crippen LogP contribution in [0.25, 0.3) is 0 Å². The minimum Gasteiger partial charge on any atom is -0.369 e. The molecule has 6 heteroatoms. The van der Waals surface area contributed by atoms with E-state index in [1.54, 1.807) is 12.7 Å². The Labute approximate surface area is 142 Å². The maximum absolute atomic E-state index is 6.34. The zero-order valence-corrected chi connectivity index (χ0v) is 14.3. The summed E-state index contributed by atoms with van der Waals surface area (Å²) in [5.74, 6) is 0. The number of piperidine rings is 1. The van der Waals surface area contributed by atoms with Gasteiger partial charge in [0.1, 0.15) is 12.7 Å². The van der Waals surface area contributed by atoms with E-state index < -0.39 is 0 Å². The van der Waals surface area contributed by atoms with Crippen LogP contribution in [0.5, 0.6) is 0 Å². The largest absolute Gasteiger partial charge is 0.369 e. The highest BCUT2D eigenvalue weighted by Crippen LogP contribution is 2.27. The summed E-state index contributed by atoms with van der Waals surface area (Å²) >= 11 is 6.34. The number of halogens is 1. The second-order valence-corrected chi connectivity index (χ2v) is 6.66. The van der Waals surface area contributed by atoms with E-state index in [1.807, 2.05) is 16.8 Å². The Balaban J connectivity index is 1.51. The van der Waals surface area contributed by atoms with Gasteiger partial charge in [0.25, 0.3) is 0 Å². The van der Waals surface area contributed by atoms with Crippen molar-refractivity contribution in [2.75, 3.05) is 18.0 Å². The predicted molar refractivity (Wildman–Crippen MR) is 93.9 cm³/mol. The molecular formula is C17H24ClN5. The number of rotatable bonds is 6. The minimum atomic E-state index is 0.454. The van der Waals surface area contributed by atoms with Gasteiger partial charge in [0, 0.05) is 31.7 Å². The van der Waals surface area contributed by atoms with E-state index in [2.05, 4.69) is 39.4 Å². The van der Waals surface area contributed by atoms with Crippen LogP contribution in [0.3, 0.4) is 0 Å². The summed E-state index contributed by atoms with van der Waals surface area (Å²) < 4.78 is 1.88. The van der Waals surface area contributed by atoms with Crippen molar-refractivity contribution in [1.82, 2.24) is 20.1 Å². The molecule has 2 heterocycles. The lowest BCUT2D eigenvalue weighted by Crippen LogP contribution is -2.48. The highest BCUT2D eigenvalue weighted by atomic mass is 35.5. The van der Waals surface area contributed by atoms with Gasteiger partial charge in [0.05, 0.1) is 10.7 Å². The molecule has 2 atom stereocenters. The molecule has 1 N–H and O–H groups in total. The van der Waals surface area contributed by atoms with Gasteiger partial charge in [-0.2, -0.15) is 5.10 Å². The Morgan fingerprint density at radius 1 is 1.39 bits per heavy atom. The zero-order valence-electron chi connectivity index (χ0n) is 13.5. The fraction of sp³-hybridized carbons (Fsp3) is 0.529. The summed E-state index contributed by atoms with van der Waals surface area (Å²) in [5.41, 5.74) is 1.15. The lowest BCUT2D eigenvalue weighted by molar-refractivity contribution is 0.360. The number of nitrogens with one attached hydrogen (secondary N) is 1. The number of nitrogens with zero attached hydrogens (tertiary/aromatic N) is 4. The molecule has 1 saturated heterocycles. The van der Waals surface area contributed by atoms with Crippen LogP contribution >= 0.6 is 11.6 Å². The van der Waals surface area contributed by atoms with Crippen molar-refractivity contribution >= 4 is 17.3 Å². The maximum Gasteiger partial charge on any atom is 0.137 e. The maximum atomic E-state index is 6.34. The minimum absolute atomic E-state index is 0.454. The van der Waals surface area contributed by atoms with Crippen LogP contribution in [0.4, 0.5) is 5.69 Å². The van der Waals surface area contributed by atoms with Gasteiger partial charge in [-0.1, -0.05) is 23.7 Å². The van der Waals surface area contributed by atoms with E-state index >= 15 is 0 Å². The van der Waals surface area contributed by atoms with Crippen LogP contribution in [0.2, 0.25) is 5.02 Å². The molecule has 0 amide bonds. The Kier molecular flexibility index (Phi) is 5.51. The highest BCUT2D eigenvalue weighted by molar-refractivity contribution is 6.33. The first-order chi connectivity index (χ1) is 11.2. The predicted octanol–water partition coefficient (Wildman–Crippen LogP) is 2.97. The first-order valence-electron chi connectivity index (χ1n) is 8.30. The molecule has 1 aromatic heterocycles. The molecule has 1 fully saturated rings. The summed E-state index contributed by atoms with van der Waals surface area (Å²) in [6.45, 7) is 5.23. The molecule has 0 saturated carbocycles. The highest BCUT2D eigenvalue weighted by Gasteiger charge is 2.22. The lowest BCUT2D eigenvalue weighted by Gasteiger charge is -2.36. The topological polar surface area (TPSA) is 46.0 Å². The normalized spacial score (nSPS) is 19.7. The number of hydrogen-bond donors (Lipinski definition) is 1. The molecule has 0 aliphatic carbocycles. The van der Waals surface area contributed by atoms with Crippen molar-refractivity contribution in [3.63, 3.8) is 0 Å². The van der Waals surface area contributed by atoms with Crippen LogP contribution in [0.15, 0.2) is 36.9 Å². The van der Waals surface area contributed by atoms with Crippen molar-refractivity contribution in [2.24, 2.45) is 0 Å². The average molecular weight is 334 g/mol. The third kappa shape index (κ3) is 4.45. The molecule has 124 valence electrons. The number of benzene rings is 1. The van der Waals surface area contributed by atoms with Gasteiger partial charge < -0.3 is 10.2 Å². The third-order valence-electron chi connectivity index (χ3n) is 4.39. The van der Waals surface area contributed by atoms with Gasteiger partial charge in [-0.25, -0.2) is 4.98 Å². The van der Waals surface area contributed by atoms with Crippen molar-refractivity contribution in [3.8, 4) is 0 Å². The van der Waals surface area contributed by atoms with Crippen molar-refractivity contribution in [1.29, 1.82) is 0 Å². The van der Waals surface area contributed by atoms with Gasteiger partial charge in [-0.3, -0.25) is 4.68 Å². The lowest BCUT2D eigenvalue weighted by atomic mass is 10.0. The van der Waals surface area contributed by atoms with E-state index in [-0.39, 0.29) is 0 Å². The van der Waals surface area contributed by atoms with E-state index in [0.717, 1.165) is 36.8 Å². The number of aromatic nitrogens is 3. The summed E-state index contributed by atoms with van der Waals surface area (Å²) in [7, 11) is 0. The molecule has 3 rings (SSSR count). The molecule has 0 radical (unpaired) electrons. The smallest absolute Gasteiger partial charge is 0.137 e. The number of aryl methyl sites for hydroxylation is 1. The van der Waals surface area contributed by atoms with Gasteiger partial charge in [-0.15, -0.1) is 0 Å². The monoisotopic (exact) mass is 333 g/mol. The molecule has 2 aromatic rings. The van der Waals surface area contributed by atoms with Gasteiger partial charge in [0.15, 0.2) is 0 Å². The quantitative estimate of drug-likeness (QED) is 0.882. The molecule has 1 aliphatic heterocycles. The summed E-state index contributed by atoms with van der Waals surface area (Å²) in [6.07, 6.45) is 6.81. The van der Waals surface area contributed by atoms with E-state index in [0.29, 0.717) is 12.1 Å². The van der Waals surface area contributed by atoms with Crippen LogP contribution in [0, 0.1) is 0 Å². The van der Waals surface area contributed by atoms with Crippen LogP contribution in [-0.4, -0.2) is 39.9 Å². The summed E-state index contributed by atoms with van der Waals surface area (Å²) in [4.78, 5) is 6.38. The van der Waals surface area contributed by atoms with Crippen LogP contribution in [0.1, 0.15) is 26.2 Å². The van der Waals surface area contributed by atoms with Crippen LogP contribution < -0.4 is 10.2 Å². The number of para-hydroxylation sites is 1. The van der Waals surface area contributed by atoms with Gasteiger partial charge in [-0.05, 0) is 38.3 Å². The molecule has 0 spiro atoms. The Morgan fingerprint density at radius 2 is 2.26 bits per heavy atom. The number of anilines is 1. The standard InChI is InChI=1S/C17H24ClN5/c1-14(8-10-23-13-19-12-20-23)21-15-5-4-9-22(11-15)17-7-3-2-6-16(17)18/h2-3,6-7,12-15,21H,4-5,8-11H2,1H3/t14-,15+/m0/s1. The van der Waals surface area contributed by atoms with Gasteiger partial charge in [0.2, 0.25) is 0 Å². The van der Waals surface area contributed by atoms with Gasteiger partial charge >= 0.3 is 0 Å². The Morgan fingerprint density at radius 3 is 3.04 bits per heavy atom. The van der Waals surface area contributed by atoms with E-state index in [4.69, 9.17) is 11.6 Å². The van der Waals surface area contributed by atoms with E-state index in [1.165, 1.54) is 12.8 Å². The zero-order chi connectivity index (χ0) is 16.1. The fourth-order valence-electron chi connectivity index (χ4n) is 3.20.